The van der Waals surface area contributed by atoms with Crippen LogP contribution in [0.3, 0.4) is 0 Å². The third kappa shape index (κ3) is 3.45. The molecule has 0 unspecified atom stereocenters. The Balaban J connectivity index is 2.71. The maximum absolute atomic E-state index is 13.5. The molecule has 1 rings (SSSR count). The highest BCUT2D eigenvalue weighted by Crippen LogP contribution is 2.22. The summed E-state index contributed by atoms with van der Waals surface area (Å²) in [6, 6.07) is 2.62. The second kappa shape index (κ2) is 4.78. The van der Waals surface area contributed by atoms with Crippen LogP contribution < -0.4 is 5.32 Å². The van der Waals surface area contributed by atoms with E-state index in [9.17, 15) is 13.9 Å². The van der Waals surface area contributed by atoms with E-state index in [1.54, 1.807) is 20.8 Å². The number of hydrogen-bond donors (Lipinski definition) is 2. The Morgan fingerprint density at radius 1 is 1.31 bits per heavy atom. The molecule has 0 amide bonds. The molecule has 0 radical (unpaired) electrons. The summed E-state index contributed by atoms with van der Waals surface area (Å²) in [5, 5.41) is 12.1. The van der Waals surface area contributed by atoms with Crippen LogP contribution in [0.1, 0.15) is 25.8 Å². The minimum atomic E-state index is -0.843. The van der Waals surface area contributed by atoms with Crippen molar-refractivity contribution in [2.24, 2.45) is 0 Å². The summed E-state index contributed by atoms with van der Waals surface area (Å²) in [6.07, 6.45) is 0.416. The molecule has 0 saturated carbocycles. The van der Waals surface area contributed by atoms with E-state index in [0.29, 0.717) is 18.5 Å². The lowest BCUT2D eigenvalue weighted by atomic mass is 10.1. The summed E-state index contributed by atoms with van der Waals surface area (Å²) >= 11 is 0. The minimum absolute atomic E-state index is 0.121. The number of benzene rings is 1. The van der Waals surface area contributed by atoms with Crippen molar-refractivity contribution in [3.8, 4) is 0 Å². The summed E-state index contributed by atoms with van der Waals surface area (Å²) < 4.78 is 26.8. The van der Waals surface area contributed by atoms with Gasteiger partial charge in [0.15, 0.2) is 5.82 Å². The first-order valence-electron chi connectivity index (χ1n) is 5.22. The van der Waals surface area contributed by atoms with Crippen LogP contribution in [0.4, 0.5) is 14.5 Å². The van der Waals surface area contributed by atoms with Gasteiger partial charge in [0.05, 0.1) is 5.60 Å². The van der Waals surface area contributed by atoms with Gasteiger partial charge < -0.3 is 10.4 Å². The van der Waals surface area contributed by atoms with Gasteiger partial charge in [-0.05, 0) is 38.8 Å². The van der Waals surface area contributed by atoms with Crippen molar-refractivity contribution in [1.82, 2.24) is 0 Å². The Morgan fingerprint density at radius 3 is 2.50 bits per heavy atom. The largest absolute Gasteiger partial charge is 0.390 e. The van der Waals surface area contributed by atoms with Crippen molar-refractivity contribution in [2.45, 2.75) is 32.8 Å². The molecule has 0 saturated heterocycles. The average Bonchev–Trinajstić information content (AvgIpc) is 2.16. The van der Waals surface area contributed by atoms with Crippen LogP contribution >= 0.6 is 0 Å². The lowest BCUT2D eigenvalue weighted by Gasteiger charge is -2.18. The lowest BCUT2D eigenvalue weighted by Crippen LogP contribution is -2.23. The smallest absolute Gasteiger partial charge is 0.152 e. The molecule has 16 heavy (non-hydrogen) atoms. The van der Waals surface area contributed by atoms with E-state index in [0.717, 1.165) is 0 Å². The van der Waals surface area contributed by atoms with E-state index in [1.165, 1.54) is 12.1 Å². The zero-order valence-corrected chi connectivity index (χ0v) is 9.77. The van der Waals surface area contributed by atoms with Crippen LogP contribution in [0.15, 0.2) is 12.1 Å². The zero-order valence-electron chi connectivity index (χ0n) is 9.77. The summed E-state index contributed by atoms with van der Waals surface area (Å²) in [4.78, 5) is 0. The molecule has 90 valence electrons. The van der Waals surface area contributed by atoms with Gasteiger partial charge in [-0.15, -0.1) is 0 Å². The number of aliphatic hydroxyl groups is 1. The molecule has 0 aliphatic rings. The number of hydrogen-bond acceptors (Lipinski definition) is 2. The molecule has 2 nitrogen and oxygen atoms in total. The number of aryl methyl sites for hydroxylation is 1. The van der Waals surface area contributed by atoms with Crippen molar-refractivity contribution in [3.05, 3.63) is 29.3 Å². The van der Waals surface area contributed by atoms with Gasteiger partial charge >= 0.3 is 0 Å². The van der Waals surface area contributed by atoms with Gasteiger partial charge in [-0.2, -0.15) is 0 Å². The Hall–Kier alpha value is -1.16. The van der Waals surface area contributed by atoms with Gasteiger partial charge in [-0.3, -0.25) is 0 Å². The molecule has 2 N–H and O–H groups in total. The topological polar surface area (TPSA) is 32.3 Å². The van der Waals surface area contributed by atoms with E-state index in [2.05, 4.69) is 5.32 Å². The molecule has 0 aliphatic carbocycles. The van der Waals surface area contributed by atoms with Gasteiger partial charge in [0.1, 0.15) is 11.5 Å². The monoisotopic (exact) mass is 229 g/mol. The SMILES string of the molecule is Cc1ccc(F)c(NCCC(C)(C)O)c1F. The number of halogens is 2. The molecule has 1 aromatic carbocycles. The van der Waals surface area contributed by atoms with Gasteiger partial charge in [0, 0.05) is 6.54 Å². The van der Waals surface area contributed by atoms with Crippen LogP contribution in [-0.4, -0.2) is 17.3 Å². The van der Waals surface area contributed by atoms with Crippen molar-refractivity contribution in [1.29, 1.82) is 0 Å². The fourth-order valence-electron chi connectivity index (χ4n) is 1.31. The van der Waals surface area contributed by atoms with Crippen molar-refractivity contribution < 1.29 is 13.9 Å². The number of nitrogens with one attached hydrogen (secondary N) is 1. The van der Waals surface area contributed by atoms with Crippen LogP contribution in [-0.2, 0) is 0 Å². The second-order valence-electron chi connectivity index (χ2n) is 4.54. The van der Waals surface area contributed by atoms with Gasteiger partial charge in [0.25, 0.3) is 0 Å². The first-order valence-corrected chi connectivity index (χ1v) is 5.22. The molecule has 1 aromatic rings. The van der Waals surface area contributed by atoms with Crippen molar-refractivity contribution in [3.63, 3.8) is 0 Å². The van der Waals surface area contributed by atoms with E-state index in [4.69, 9.17) is 0 Å². The molecule has 0 aromatic heterocycles. The molecule has 0 fully saturated rings. The molecule has 0 heterocycles. The summed E-state index contributed by atoms with van der Waals surface area (Å²) in [5.41, 5.74) is -0.569. The van der Waals surface area contributed by atoms with E-state index >= 15 is 0 Å². The highest BCUT2D eigenvalue weighted by Gasteiger charge is 2.14. The zero-order chi connectivity index (χ0) is 12.3. The number of rotatable bonds is 4. The first-order chi connectivity index (χ1) is 7.31. The normalized spacial score (nSPS) is 11.6. The van der Waals surface area contributed by atoms with Gasteiger partial charge in [-0.1, -0.05) is 6.07 Å². The number of anilines is 1. The molecule has 4 heteroatoms. The minimum Gasteiger partial charge on any atom is -0.390 e. The fourth-order valence-corrected chi connectivity index (χ4v) is 1.31. The second-order valence-corrected chi connectivity index (χ2v) is 4.54. The Morgan fingerprint density at radius 2 is 1.94 bits per heavy atom. The van der Waals surface area contributed by atoms with Crippen LogP contribution in [0.25, 0.3) is 0 Å². The van der Waals surface area contributed by atoms with Gasteiger partial charge in [-0.25, -0.2) is 8.78 Å². The molecular formula is C12H17F2NO. The van der Waals surface area contributed by atoms with Crippen LogP contribution in [0, 0.1) is 18.6 Å². The Bertz CT molecular complexity index is 372. The summed E-state index contributed by atoms with van der Waals surface area (Å²) in [6.45, 7) is 5.20. The highest BCUT2D eigenvalue weighted by molar-refractivity contribution is 5.48. The quantitative estimate of drug-likeness (QED) is 0.832. The molecular weight excluding hydrogens is 212 g/mol. The Labute approximate surface area is 94.3 Å². The van der Waals surface area contributed by atoms with Crippen LogP contribution in [0.5, 0.6) is 0 Å². The van der Waals surface area contributed by atoms with Gasteiger partial charge in [0.2, 0.25) is 0 Å². The average molecular weight is 229 g/mol. The third-order valence-corrected chi connectivity index (χ3v) is 2.32. The van der Waals surface area contributed by atoms with Crippen LogP contribution in [0.2, 0.25) is 0 Å². The first kappa shape index (κ1) is 12.9. The summed E-state index contributed by atoms with van der Waals surface area (Å²) in [5.74, 6) is -1.19. The lowest BCUT2D eigenvalue weighted by molar-refractivity contribution is 0.0748. The summed E-state index contributed by atoms with van der Waals surface area (Å²) in [7, 11) is 0. The predicted octanol–water partition coefficient (Wildman–Crippen LogP) is 2.85. The molecule has 0 spiro atoms. The van der Waals surface area contributed by atoms with Crippen molar-refractivity contribution in [2.75, 3.05) is 11.9 Å². The molecule has 0 aliphatic heterocycles. The maximum Gasteiger partial charge on any atom is 0.152 e. The highest BCUT2D eigenvalue weighted by atomic mass is 19.1. The van der Waals surface area contributed by atoms with E-state index < -0.39 is 17.2 Å². The predicted molar refractivity (Wildman–Crippen MR) is 60.5 cm³/mol. The van der Waals surface area contributed by atoms with Crippen molar-refractivity contribution >= 4 is 5.69 Å². The molecule has 0 atom stereocenters. The van der Waals surface area contributed by atoms with E-state index in [1.807, 2.05) is 0 Å². The molecule has 0 bridgehead atoms. The standard InChI is InChI=1S/C12H17F2NO/c1-8-4-5-9(13)11(10(8)14)15-7-6-12(2,3)16/h4-5,15-16H,6-7H2,1-3H3. The Kier molecular flexibility index (Phi) is 3.86. The third-order valence-electron chi connectivity index (χ3n) is 2.32. The maximum atomic E-state index is 13.5. The fraction of sp³-hybridized carbons (Fsp3) is 0.500. The van der Waals surface area contributed by atoms with E-state index in [-0.39, 0.29) is 5.69 Å².